The highest BCUT2D eigenvalue weighted by atomic mass is 16.1. The van der Waals surface area contributed by atoms with E-state index >= 15 is 0 Å². The number of hydrogen-bond acceptors (Lipinski definition) is 2. The number of anilines is 1. The molecule has 15 heavy (non-hydrogen) atoms. The van der Waals surface area contributed by atoms with Crippen LogP contribution >= 0.6 is 0 Å². The Kier molecular flexibility index (Phi) is 3.45. The predicted molar refractivity (Wildman–Crippen MR) is 61.9 cm³/mol. The van der Waals surface area contributed by atoms with Gasteiger partial charge in [-0.15, -0.1) is 0 Å². The van der Waals surface area contributed by atoms with Gasteiger partial charge in [0.1, 0.15) is 5.82 Å². The molecule has 3 heteroatoms. The van der Waals surface area contributed by atoms with Crippen molar-refractivity contribution in [2.75, 3.05) is 5.32 Å². The van der Waals surface area contributed by atoms with Crippen molar-refractivity contribution in [3.8, 4) is 0 Å². The Morgan fingerprint density at radius 2 is 2.07 bits per heavy atom. The van der Waals surface area contributed by atoms with Crippen LogP contribution in [0.5, 0.6) is 0 Å². The van der Waals surface area contributed by atoms with Gasteiger partial charge in [0, 0.05) is 12.6 Å². The smallest absolute Gasteiger partial charge is 0.225 e. The van der Waals surface area contributed by atoms with Crippen LogP contribution in [0, 0.1) is 0 Å². The molecule has 0 aliphatic rings. The number of carbonyl (C=O) groups is 1. The zero-order valence-electron chi connectivity index (χ0n) is 9.79. The maximum absolute atomic E-state index is 11.1. The summed E-state index contributed by atoms with van der Waals surface area (Å²) >= 11 is 0. The van der Waals surface area contributed by atoms with Gasteiger partial charge in [-0.25, -0.2) is 4.98 Å². The van der Waals surface area contributed by atoms with Crippen molar-refractivity contribution in [2.24, 2.45) is 0 Å². The van der Waals surface area contributed by atoms with Crippen LogP contribution in [0.4, 0.5) is 5.82 Å². The van der Waals surface area contributed by atoms with E-state index in [0.29, 0.717) is 12.2 Å². The van der Waals surface area contributed by atoms with Crippen LogP contribution in [0.2, 0.25) is 0 Å². The Hall–Kier alpha value is -1.38. The summed E-state index contributed by atoms with van der Waals surface area (Å²) in [5, 5.41) is 2.72. The Morgan fingerprint density at radius 1 is 1.40 bits per heavy atom. The number of hydrogen-bond donors (Lipinski definition) is 1. The van der Waals surface area contributed by atoms with Crippen molar-refractivity contribution < 1.29 is 4.79 Å². The monoisotopic (exact) mass is 206 g/mol. The van der Waals surface area contributed by atoms with Gasteiger partial charge >= 0.3 is 0 Å². The van der Waals surface area contributed by atoms with Gasteiger partial charge in [-0.2, -0.15) is 0 Å². The average molecular weight is 206 g/mol. The second-order valence-corrected chi connectivity index (χ2v) is 4.58. The predicted octanol–water partition coefficient (Wildman–Crippen LogP) is 2.73. The minimum atomic E-state index is -0.00833. The van der Waals surface area contributed by atoms with Gasteiger partial charge < -0.3 is 5.32 Å². The summed E-state index contributed by atoms with van der Waals surface area (Å²) in [5.74, 6) is 0.612. The first-order valence-corrected chi connectivity index (χ1v) is 5.20. The van der Waals surface area contributed by atoms with Gasteiger partial charge in [0.15, 0.2) is 0 Å². The molecule has 0 radical (unpaired) electrons. The van der Waals surface area contributed by atoms with E-state index < -0.39 is 0 Å². The summed E-state index contributed by atoms with van der Waals surface area (Å²) in [7, 11) is 0. The number of aromatic nitrogens is 1. The van der Waals surface area contributed by atoms with Crippen molar-refractivity contribution in [3.63, 3.8) is 0 Å². The lowest BCUT2D eigenvalue weighted by molar-refractivity contribution is -0.115. The second-order valence-electron chi connectivity index (χ2n) is 4.58. The van der Waals surface area contributed by atoms with E-state index in [4.69, 9.17) is 0 Å². The molecule has 1 aromatic heterocycles. The SMILES string of the molecule is CCC(=O)Nc1ccc(C(C)(C)C)cn1. The van der Waals surface area contributed by atoms with Gasteiger partial charge in [0.25, 0.3) is 0 Å². The zero-order valence-corrected chi connectivity index (χ0v) is 9.79. The Morgan fingerprint density at radius 3 is 2.47 bits per heavy atom. The van der Waals surface area contributed by atoms with E-state index in [9.17, 15) is 4.79 Å². The molecule has 82 valence electrons. The first kappa shape index (κ1) is 11.7. The summed E-state index contributed by atoms with van der Waals surface area (Å²) in [5.41, 5.74) is 1.26. The van der Waals surface area contributed by atoms with Crippen molar-refractivity contribution in [2.45, 2.75) is 39.5 Å². The topological polar surface area (TPSA) is 42.0 Å². The average Bonchev–Trinajstić information content (AvgIpc) is 2.17. The number of rotatable bonds is 2. The van der Waals surface area contributed by atoms with Crippen LogP contribution < -0.4 is 5.32 Å². The van der Waals surface area contributed by atoms with Crippen LogP contribution in [-0.2, 0) is 10.2 Å². The lowest BCUT2D eigenvalue weighted by atomic mass is 9.88. The largest absolute Gasteiger partial charge is 0.311 e. The van der Waals surface area contributed by atoms with E-state index in [0.717, 1.165) is 5.56 Å². The summed E-state index contributed by atoms with van der Waals surface area (Å²) < 4.78 is 0. The first-order chi connectivity index (χ1) is 6.93. The Labute approximate surface area is 90.9 Å². The second kappa shape index (κ2) is 4.43. The van der Waals surface area contributed by atoms with E-state index in [-0.39, 0.29) is 11.3 Å². The molecular weight excluding hydrogens is 188 g/mol. The number of nitrogens with one attached hydrogen (secondary N) is 1. The van der Waals surface area contributed by atoms with E-state index in [1.165, 1.54) is 0 Å². The number of amides is 1. The first-order valence-electron chi connectivity index (χ1n) is 5.20. The molecule has 0 bridgehead atoms. The molecule has 0 fully saturated rings. The molecule has 1 N–H and O–H groups in total. The Balaban J connectivity index is 2.77. The molecule has 0 saturated heterocycles. The van der Waals surface area contributed by atoms with Crippen molar-refractivity contribution in [1.29, 1.82) is 0 Å². The van der Waals surface area contributed by atoms with Gasteiger partial charge in [-0.05, 0) is 17.0 Å². The molecular formula is C12H18N2O. The minimum absolute atomic E-state index is 0.00833. The summed E-state index contributed by atoms with van der Waals surface area (Å²) in [6, 6.07) is 3.84. The molecule has 0 atom stereocenters. The highest BCUT2D eigenvalue weighted by molar-refractivity contribution is 5.89. The molecule has 1 aromatic rings. The maximum atomic E-state index is 11.1. The molecule has 0 aromatic carbocycles. The fourth-order valence-electron chi connectivity index (χ4n) is 1.14. The van der Waals surface area contributed by atoms with Crippen molar-refractivity contribution in [3.05, 3.63) is 23.9 Å². The third-order valence-electron chi connectivity index (χ3n) is 2.22. The molecule has 0 saturated carbocycles. The molecule has 3 nitrogen and oxygen atoms in total. The third kappa shape index (κ3) is 3.35. The fraction of sp³-hybridized carbons (Fsp3) is 0.500. The maximum Gasteiger partial charge on any atom is 0.225 e. The molecule has 1 rings (SSSR count). The number of pyridine rings is 1. The standard InChI is InChI=1S/C12H18N2O/c1-5-11(15)14-10-7-6-9(8-13-10)12(2,3)4/h6-8H,5H2,1-4H3,(H,13,14,15). The number of carbonyl (C=O) groups excluding carboxylic acids is 1. The third-order valence-corrected chi connectivity index (χ3v) is 2.22. The quantitative estimate of drug-likeness (QED) is 0.808. The highest BCUT2D eigenvalue weighted by Gasteiger charge is 2.13. The summed E-state index contributed by atoms with van der Waals surface area (Å²) in [6.07, 6.45) is 2.29. The highest BCUT2D eigenvalue weighted by Crippen LogP contribution is 2.21. The van der Waals surface area contributed by atoms with Crippen molar-refractivity contribution >= 4 is 11.7 Å². The van der Waals surface area contributed by atoms with Gasteiger partial charge in [-0.1, -0.05) is 33.8 Å². The minimum Gasteiger partial charge on any atom is -0.311 e. The van der Waals surface area contributed by atoms with E-state index in [1.54, 1.807) is 0 Å². The summed E-state index contributed by atoms with van der Waals surface area (Å²) in [6.45, 7) is 8.22. The summed E-state index contributed by atoms with van der Waals surface area (Å²) in [4.78, 5) is 15.3. The Bertz CT molecular complexity index is 336. The van der Waals surface area contributed by atoms with Gasteiger partial charge in [-0.3, -0.25) is 4.79 Å². The molecule has 0 aliphatic carbocycles. The lowest BCUT2D eigenvalue weighted by Crippen LogP contribution is -2.14. The van der Waals surface area contributed by atoms with Crippen LogP contribution in [-0.4, -0.2) is 10.9 Å². The van der Waals surface area contributed by atoms with E-state index in [2.05, 4.69) is 31.1 Å². The molecule has 0 unspecified atom stereocenters. The van der Waals surface area contributed by atoms with Crippen LogP contribution in [0.1, 0.15) is 39.7 Å². The normalized spacial score (nSPS) is 11.2. The molecule has 0 aliphatic heterocycles. The van der Waals surface area contributed by atoms with E-state index in [1.807, 2.05) is 25.3 Å². The van der Waals surface area contributed by atoms with Crippen LogP contribution in [0.3, 0.4) is 0 Å². The van der Waals surface area contributed by atoms with Crippen LogP contribution in [0.15, 0.2) is 18.3 Å². The molecule has 0 spiro atoms. The molecule has 1 amide bonds. The number of nitrogens with zero attached hydrogens (tertiary/aromatic N) is 1. The van der Waals surface area contributed by atoms with Crippen molar-refractivity contribution in [1.82, 2.24) is 4.98 Å². The zero-order chi connectivity index (χ0) is 11.5. The van der Waals surface area contributed by atoms with Gasteiger partial charge in [0.2, 0.25) is 5.91 Å². The lowest BCUT2D eigenvalue weighted by Gasteiger charge is -2.18. The molecule has 1 heterocycles. The fourth-order valence-corrected chi connectivity index (χ4v) is 1.14. The van der Waals surface area contributed by atoms with Gasteiger partial charge in [0.05, 0.1) is 0 Å². The van der Waals surface area contributed by atoms with Crippen LogP contribution in [0.25, 0.3) is 0 Å².